The normalized spacial score (nSPS) is 12.2. The van der Waals surface area contributed by atoms with Crippen molar-refractivity contribution in [3.05, 3.63) is 33.1 Å². The van der Waals surface area contributed by atoms with Crippen molar-refractivity contribution < 1.29 is 17.7 Å². The number of anilines is 1. The number of nitrogens with one attached hydrogen (secondary N) is 1. The molecule has 0 aliphatic carbocycles. The molecular weight excluding hydrogens is 311 g/mol. The van der Waals surface area contributed by atoms with E-state index in [1.54, 1.807) is 0 Å². The van der Waals surface area contributed by atoms with Crippen molar-refractivity contribution >= 4 is 32.8 Å². The molecule has 0 saturated carbocycles. The van der Waals surface area contributed by atoms with Crippen LogP contribution in [-0.4, -0.2) is 30.9 Å². The van der Waals surface area contributed by atoms with Gasteiger partial charge in [-0.25, -0.2) is 12.8 Å². The molecule has 0 aliphatic rings. The molecule has 9 heteroatoms. The molecule has 0 saturated heterocycles. The lowest BCUT2D eigenvalue weighted by atomic mass is 10.2. The lowest BCUT2D eigenvalue weighted by Crippen LogP contribution is -2.38. The predicted octanol–water partition coefficient (Wildman–Crippen LogP) is 2.62. The molecule has 6 nitrogen and oxygen atoms in total. The summed E-state index contributed by atoms with van der Waals surface area (Å²) in [5.74, 6) is -0.911. The van der Waals surface area contributed by atoms with Crippen LogP contribution in [0, 0.1) is 15.9 Å². The second-order valence-electron chi connectivity index (χ2n) is 4.93. The number of rotatable bonds is 5. The maximum Gasteiger partial charge on any atom is 0.295 e. The smallest absolute Gasteiger partial charge is 0.295 e. The first-order chi connectivity index (χ1) is 8.95. The number of halogens is 2. The van der Waals surface area contributed by atoms with Crippen LogP contribution in [-0.2, 0) is 9.84 Å². The van der Waals surface area contributed by atoms with Crippen molar-refractivity contribution in [1.82, 2.24) is 0 Å². The average molecular weight is 325 g/mol. The van der Waals surface area contributed by atoms with Gasteiger partial charge in [0.15, 0.2) is 9.84 Å². The van der Waals surface area contributed by atoms with E-state index in [-0.39, 0.29) is 17.3 Å². The van der Waals surface area contributed by atoms with Gasteiger partial charge in [-0.2, -0.15) is 0 Å². The highest BCUT2D eigenvalue weighted by atomic mass is 35.5. The number of sulfone groups is 1. The Labute approximate surface area is 121 Å². The summed E-state index contributed by atoms with van der Waals surface area (Å²) in [7, 11) is -3.36. The molecule has 1 aromatic rings. The molecule has 0 radical (unpaired) electrons. The van der Waals surface area contributed by atoms with E-state index in [9.17, 15) is 22.9 Å². The van der Waals surface area contributed by atoms with Crippen LogP contribution >= 0.6 is 11.6 Å². The van der Waals surface area contributed by atoms with E-state index >= 15 is 0 Å². The third kappa shape index (κ3) is 3.57. The van der Waals surface area contributed by atoms with Gasteiger partial charge in [0.2, 0.25) is 0 Å². The van der Waals surface area contributed by atoms with Crippen LogP contribution in [0.15, 0.2) is 12.1 Å². The molecule has 0 amide bonds. The molecule has 0 atom stereocenters. The molecule has 1 aromatic carbocycles. The zero-order valence-corrected chi connectivity index (χ0v) is 12.7. The van der Waals surface area contributed by atoms with Gasteiger partial charge in [0.05, 0.1) is 20.8 Å². The zero-order chi connectivity index (χ0) is 15.7. The molecule has 0 spiro atoms. The van der Waals surface area contributed by atoms with Gasteiger partial charge in [0.25, 0.3) is 5.69 Å². The molecule has 0 aromatic heterocycles. The molecule has 0 unspecified atom stereocenters. The van der Waals surface area contributed by atoms with E-state index in [4.69, 9.17) is 11.6 Å². The Morgan fingerprint density at radius 3 is 2.45 bits per heavy atom. The summed E-state index contributed by atoms with van der Waals surface area (Å²) >= 11 is 5.57. The minimum atomic E-state index is -3.36. The molecular formula is C11H14ClFN2O4S. The first kappa shape index (κ1) is 16.6. The minimum absolute atomic E-state index is 0.0295. The van der Waals surface area contributed by atoms with Gasteiger partial charge in [0.1, 0.15) is 11.5 Å². The Bertz CT molecular complexity index is 646. The van der Waals surface area contributed by atoms with Crippen molar-refractivity contribution in [2.75, 3.05) is 18.1 Å². The van der Waals surface area contributed by atoms with E-state index in [2.05, 4.69) is 5.32 Å². The quantitative estimate of drug-likeness (QED) is 0.664. The summed E-state index contributed by atoms with van der Waals surface area (Å²) in [4.78, 5) is 10.1. The summed E-state index contributed by atoms with van der Waals surface area (Å²) in [6.07, 6.45) is 1.07. The maximum atomic E-state index is 13.2. The van der Waals surface area contributed by atoms with E-state index in [0.29, 0.717) is 6.07 Å². The first-order valence-corrected chi connectivity index (χ1v) is 7.79. The number of nitro groups is 1. The van der Waals surface area contributed by atoms with Gasteiger partial charge < -0.3 is 5.32 Å². The lowest BCUT2D eigenvalue weighted by molar-refractivity contribution is -0.384. The summed E-state index contributed by atoms with van der Waals surface area (Å²) in [6.45, 7) is 2.88. The first-order valence-electron chi connectivity index (χ1n) is 5.52. The molecule has 0 bridgehead atoms. The maximum absolute atomic E-state index is 13.2. The van der Waals surface area contributed by atoms with Gasteiger partial charge in [0, 0.05) is 12.8 Å². The van der Waals surface area contributed by atoms with Crippen molar-refractivity contribution in [1.29, 1.82) is 0 Å². The molecule has 0 aliphatic heterocycles. The van der Waals surface area contributed by atoms with Gasteiger partial charge in [-0.15, -0.1) is 0 Å². The van der Waals surface area contributed by atoms with E-state index in [1.165, 1.54) is 13.8 Å². The van der Waals surface area contributed by atoms with Crippen molar-refractivity contribution in [2.45, 2.75) is 18.6 Å². The summed E-state index contributed by atoms with van der Waals surface area (Å²) in [5.41, 5.74) is -0.533. The minimum Gasteiger partial charge on any atom is -0.378 e. The predicted molar refractivity (Wildman–Crippen MR) is 75.5 cm³/mol. The molecule has 1 rings (SSSR count). The SMILES string of the molecule is CC(C)(CNc1cc(Cl)c(F)cc1[N+](=O)[O-])S(C)(=O)=O. The molecule has 112 valence electrons. The number of benzene rings is 1. The van der Waals surface area contributed by atoms with Crippen LogP contribution in [0.1, 0.15) is 13.8 Å². The van der Waals surface area contributed by atoms with Gasteiger partial charge >= 0.3 is 0 Å². The fraction of sp³-hybridized carbons (Fsp3) is 0.455. The van der Waals surface area contributed by atoms with Crippen LogP contribution in [0.2, 0.25) is 5.02 Å². The molecule has 0 heterocycles. The Kier molecular flexibility index (Phi) is 4.60. The Morgan fingerprint density at radius 1 is 1.45 bits per heavy atom. The number of nitro benzene ring substituents is 1. The Morgan fingerprint density at radius 2 is 2.00 bits per heavy atom. The van der Waals surface area contributed by atoms with Crippen molar-refractivity contribution in [2.24, 2.45) is 0 Å². The lowest BCUT2D eigenvalue weighted by Gasteiger charge is -2.23. The van der Waals surface area contributed by atoms with Crippen molar-refractivity contribution in [3.8, 4) is 0 Å². The van der Waals surface area contributed by atoms with Crippen molar-refractivity contribution in [3.63, 3.8) is 0 Å². The largest absolute Gasteiger partial charge is 0.378 e. The van der Waals surface area contributed by atoms with Gasteiger partial charge in [-0.05, 0) is 19.9 Å². The highest BCUT2D eigenvalue weighted by molar-refractivity contribution is 7.92. The second-order valence-corrected chi connectivity index (χ2v) is 7.98. The molecule has 1 N–H and O–H groups in total. The highest BCUT2D eigenvalue weighted by Gasteiger charge is 2.31. The fourth-order valence-electron chi connectivity index (χ4n) is 1.27. The van der Waals surface area contributed by atoms with Crippen LogP contribution < -0.4 is 5.32 Å². The third-order valence-electron chi connectivity index (χ3n) is 2.94. The third-order valence-corrected chi connectivity index (χ3v) is 5.39. The number of hydrogen-bond donors (Lipinski definition) is 1. The van der Waals surface area contributed by atoms with Crippen LogP contribution in [0.25, 0.3) is 0 Å². The number of nitrogens with zero attached hydrogens (tertiary/aromatic N) is 1. The standard InChI is InChI=1S/C11H14ClFN2O4S/c1-11(2,20(3,18)19)6-14-9-4-7(12)8(13)5-10(9)15(16)17/h4-5,14H,6H2,1-3H3. The Balaban J connectivity index is 3.10. The number of hydrogen-bond acceptors (Lipinski definition) is 5. The van der Waals surface area contributed by atoms with E-state index in [0.717, 1.165) is 12.3 Å². The van der Waals surface area contributed by atoms with Crippen LogP contribution in [0.4, 0.5) is 15.8 Å². The zero-order valence-electron chi connectivity index (χ0n) is 11.1. The van der Waals surface area contributed by atoms with Gasteiger partial charge in [-0.1, -0.05) is 11.6 Å². The second kappa shape index (κ2) is 5.53. The summed E-state index contributed by atoms with van der Waals surface area (Å²) < 4.78 is 35.2. The van der Waals surface area contributed by atoms with Crippen LogP contribution in [0.5, 0.6) is 0 Å². The topological polar surface area (TPSA) is 89.3 Å². The monoisotopic (exact) mass is 324 g/mol. The fourth-order valence-corrected chi connectivity index (χ4v) is 1.77. The van der Waals surface area contributed by atoms with E-state index in [1.807, 2.05) is 0 Å². The van der Waals surface area contributed by atoms with Crippen LogP contribution in [0.3, 0.4) is 0 Å². The molecule has 20 heavy (non-hydrogen) atoms. The van der Waals surface area contributed by atoms with Gasteiger partial charge in [-0.3, -0.25) is 10.1 Å². The van der Waals surface area contributed by atoms with E-state index < -0.39 is 31.0 Å². The molecule has 0 fully saturated rings. The highest BCUT2D eigenvalue weighted by Crippen LogP contribution is 2.31. The summed E-state index contributed by atoms with van der Waals surface area (Å²) in [5, 5.41) is 13.2. The average Bonchev–Trinajstić information content (AvgIpc) is 2.28. The summed E-state index contributed by atoms with van der Waals surface area (Å²) in [6, 6.07) is 1.76. The Hall–Kier alpha value is -1.41.